The first-order valence-electron chi connectivity index (χ1n) is 9.87. The van der Waals surface area contributed by atoms with E-state index in [4.69, 9.17) is 9.15 Å². The van der Waals surface area contributed by atoms with Crippen LogP contribution >= 0.6 is 0 Å². The number of nitrogens with one attached hydrogen (secondary N) is 1. The summed E-state index contributed by atoms with van der Waals surface area (Å²) in [7, 11) is 1.63. The number of rotatable bonds is 5. The van der Waals surface area contributed by atoms with E-state index in [2.05, 4.69) is 20.4 Å². The van der Waals surface area contributed by atoms with Crippen molar-refractivity contribution in [2.75, 3.05) is 20.2 Å². The van der Waals surface area contributed by atoms with Gasteiger partial charge < -0.3 is 14.1 Å². The maximum absolute atomic E-state index is 12.9. The molecule has 8 nitrogen and oxygen atoms in total. The van der Waals surface area contributed by atoms with E-state index < -0.39 is 0 Å². The highest BCUT2D eigenvalue weighted by Crippen LogP contribution is 2.29. The number of hydrogen-bond donors (Lipinski definition) is 1. The van der Waals surface area contributed by atoms with Crippen molar-refractivity contribution in [1.82, 2.24) is 25.3 Å². The molecular weight excluding hydrogens is 370 g/mol. The molecule has 1 saturated heterocycles. The maximum atomic E-state index is 12.9. The van der Waals surface area contributed by atoms with E-state index in [9.17, 15) is 4.79 Å². The number of methoxy groups -OCH3 is 1. The summed E-state index contributed by atoms with van der Waals surface area (Å²) in [5.74, 6) is 2.48. The number of carbonyl (C=O) groups is 1. The van der Waals surface area contributed by atoms with E-state index in [1.54, 1.807) is 13.2 Å². The minimum atomic E-state index is -0.0431. The quantitative estimate of drug-likeness (QED) is 0.709. The zero-order valence-electron chi connectivity index (χ0n) is 16.9. The van der Waals surface area contributed by atoms with Crippen molar-refractivity contribution in [3.63, 3.8) is 0 Å². The fraction of sp³-hybridized carbons (Fsp3) is 0.429. The van der Waals surface area contributed by atoms with E-state index in [1.807, 2.05) is 43.0 Å². The molecule has 1 amide bonds. The van der Waals surface area contributed by atoms with Gasteiger partial charge in [-0.15, -0.1) is 10.2 Å². The zero-order chi connectivity index (χ0) is 20.4. The molecular formula is C21H25N5O3. The Labute approximate surface area is 169 Å². The van der Waals surface area contributed by atoms with Crippen LogP contribution in [0.2, 0.25) is 0 Å². The van der Waals surface area contributed by atoms with Crippen molar-refractivity contribution in [3.8, 4) is 17.0 Å². The van der Waals surface area contributed by atoms with Crippen LogP contribution in [0.3, 0.4) is 0 Å². The summed E-state index contributed by atoms with van der Waals surface area (Å²) in [5, 5.41) is 15.5. The molecule has 0 aliphatic carbocycles. The van der Waals surface area contributed by atoms with Crippen LogP contribution < -0.4 is 4.74 Å². The maximum Gasteiger partial charge on any atom is 0.271 e. The number of benzene rings is 1. The molecule has 0 bridgehead atoms. The topological polar surface area (TPSA) is 97.1 Å². The highest BCUT2D eigenvalue weighted by Gasteiger charge is 2.29. The molecule has 1 N–H and O–H groups in total. The van der Waals surface area contributed by atoms with Gasteiger partial charge in [-0.05, 0) is 31.0 Å². The molecule has 3 aromatic rings. The Hall–Kier alpha value is -3.16. The highest BCUT2D eigenvalue weighted by molar-refractivity contribution is 5.93. The minimum Gasteiger partial charge on any atom is -0.497 e. The zero-order valence-corrected chi connectivity index (χ0v) is 16.9. The van der Waals surface area contributed by atoms with Gasteiger partial charge in [-0.25, -0.2) is 0 Å². The molecule has 1 aliphatic rings. The molecule has 2 aromatic heterocycles. The third-order valence-corrected chi connectivity index (χ3v) is 5.26. The molecule has 3 heterocycles. The summed E-state index contributed by atoms with van der Waals surface area (Å²) in [5.41, 5.74) is 2.10. The first-order chi connectivity index (χ1) is 14.0. The number of carbonyl (C=O) groups excluding carboxylic acids is 1. The Morgan fingerprint density at radius 2 is 2.03 bits per heavy atom. The van der Waals surface area contributed by atoms with Crippen LogP contribution in [0.25, 0.3) is 11.3 Å². The van der Waals surface area contributed by atoms with E-state index in [-0.39, 0.29) is 17.7 Å². The Kier molecular flexibility index (Phi) is 5.33. The monoisotopic (exact) mass is 395 g/mol. The standard InChI is InChI=1S/C21H25N5O3/c1-13(2)19-24-25-20(29-19)14-7-9-26(10-8-14)21(27)18-12-17(22-23-18)15-5-4-6-16(11-15)28-3/h4-6,11-14H,7-10H2,1-3H3,(H,22,23). The minimum absolute atomic E-state index is 0.0431. The smallest absolute Gasteiger partial charge is 0.271 e. The lowest BCUT2D eigenvalue weighted by Gasteiger charge is -2.30. The molecule has 1 aliphatic heterocycles. The fourth-order valence-corrected chi connectivity index (χ4v) is 3.51. The number of hydrogen-bond acceptors (Lipinski definition) is 6. The van der Waals surface area contributed by atoms with Crippen molar-refractivity contribution in [3.05, 3.63) is 47.8 Å². The molecule has 0 spiro atoms. The largest absolute Gasteiger partial charge is 0.497 e. The third-order valence-electron chi connectivity index (χ3n) is 5.26. The Bertz CT molecular complexity index is 986. The number of aromatic amines is 1. The van der Waals surface area contributed by atoms with Crippen LogP contribution in [0, 0.1) is 0 Å². The summed E-state index contributed by atoms with van der Waals surface area (Å²) in [6.45, 7) is 5.36. The van der Waals surface area contributed by atoms with E-state index >= 15 is 0 Å². The van der Waals surface area contributed by atoms with Crippen molar-refractivity contribution in [2.45, 2.75) is 38.5 Å². The number of likely N-dealkylation sites (tertiary alicyclic amines) is 1. The van der Waals surface area contributed by atoms with Crippen LogP contribution in [-0.2, 0) is 0 Å². The van der Waals surface area contributed by atoms with Gasteiger partial charge in [0.25, 0.3) is 5.91 Å². The average Bonchev–Trinajstić information content (AvgIpc) is 3.44. The van der Waals surface area contributed by atoms with Gasteiger partial charge in [-0.3, -0.25) is 9.89 Å². The fourth-order valence-electron chi connectivity index (χ4n) is 3.51. The number of aromatic nitrogens is 4. The molecule has 8 heteroatoms. The first kappa shape index (κ1) is 19.2. The highest BCUT2D eigenvalue weighted by atomic mass is 16.5. The average molecular weight is 395 g/mol. The molecule has 0 radical (unpaired) electrons. The van der Waals surface area contributed by atoms with Gasteiger partial charge >= 0.3 is 0 Å². The van der Waals surface area contributed by atoms with Gasteiger partial charge in [-0.1, -0.05) is 26.0 Å². The Morgan fingerprint density at radius 3 is 2.72 bits per heavy atom. The second-order valence-electron chi connectivity index (χ2n) is 7.60. The number of H-pyrrole nitrogens is 1. The van der Waals surface area contributed by atoms with Crippen molar-refractivity contribution >= 4 is 5.91 Å². The van der Waals surface area contributed by atoms with Crippen LogP contribution in [0.15, 0.2) is 34.7 Å². The van der Waals surface area contributed by atoms with Gasteiger partial charge in [0, 0.05) is 30.5 Å². The lowest BCUT2D eigenvalue weighted by Crippen LogP contribution is -2.38. The second kappa shape index (κ2) is 8.06. The molecule has 0 saturated carbocycles. The van der Waals surface area contributed by atoms with Crippen molar-refractivity contribution in [2.24, 2.45) is 0 Å². The summed E-state index contributed by atoms with van der Waals surface area (Å²) in [6.07, 6.45) is 1.62. The molecule has 29 heavy (non-hydrogen) atoms. The number of ether oxygens (including phenoxy) is 1. The lowest BCUT2D eigenvalue weighted by atomic mass is 9.96. The second-order valence-corrected chi connectivity index (χ2v) is 7.60. The predicted molar refractivity (Wildman–Crippen MR) is 107 cm³/mol. The van der Waals surface area contributed by atoms with Gasteiger partial charge in [0.2, 0.25) is 11.8 Å². The number of nitrogens with zero attached hydrogens (tertiary/aromatic N) is 4. The molecule has 1 aromatic carbocycles. The van der Waals surface area contributed by atoms with Crippen LogP contribution in [0.5, 0.6) is 5.75 Å². The molecule has 152 valence electrons. The molecule has 0 atom stereocenters. The van der Waals surface area contributed by atoms with Gasteiger partial charge in [0.05, 0.1) is 12.8 Å². The number of piperidine rings is 1. The van der Waals surface area contributed by atoms with Crippen molar-refractivity contribution < 1.29 is 13.9 Å². The van der Waals surface area contributed by atoms with Crippen molar-refractivity contribution in [1.29, 1.82) is 0 Å². The van der Waals surface area contributed by atoms with Gasteiger partial charge in [0.1, 0.15) is 11.4 Å². The normalized spacial score (nSPS) is 15.1. The SMILES string of the molecule is COc1cccc(-c2cc(C(=O)N3CCC(c4nnc(C(C)C)o4)CC3)[nH]n2)c1. The molecule has 0 unspecified atom stereocenters. The van der Waals surface area contributed by atoms with Crippen LogP contribution in [0.4, 0.5) is 0 Å². The van der Waals surface area contributed by atoms with E-state index in [0.717, 1.165) is 24.2 Å². The summed E-state index contributed by atoms with van der Waals surface area (Å²) < 4.78 is 11.0. The summed E-state index contributed by atoms with van der Waals surface area (Å²) in [4.78, 5) is 14.7. The van der Waals surface area contributed by atoms with E-state index in [1.165, 1.54) is 0 Å². The Balaban J connectivity index is 1.40. The molecule has 1 fully saturated rings. The van der Waals surface area contributed by atoms with E-state index in [0.29, 0.717) is 36.3 Å². The van der Waals surface area contributed by atoms with Crippen LogP contribution in [-0.4, -0.2) is 51.4 Å². The summed E-state index contributed by atoms with van der Waals surface area (Å²) in [6, 6.07) is 9.40. The number of amides is 1. The summed E-state index contributed by atoms with van der Waals surface area (Å²) >= 11 is 0. The molecule has 4 rings (SSSR count). The first-order valence-corrected chi connectivity index (χ1v) is 9.87. The lowest BCUT2D eigenvalue weighted by molar-refractivity contribution is 0.0700. The Morgan fingerprint density at radius 1 is 1.24 bits per heavy atom. The van der Waals surface area contributed by atoms with Crippen LogP contribution in [0.1, 0.15) is 60.8 Å². The van der Waals surface area contributed by atoms with Gasteiger partial charge in [0.15, 0.2) is 0 Å². The van der Waals surface area contributed by atoms with Gasteiger partial charge in [-0.2, -0.15) is 5.10 Å². The third kappa shape index (κ3) is 4.01. The predicted octanol–water partition coefficient (Wildman–Crippen LogP) is 3.61.